The Hall–Kier alpha value is -0.990. The molecule has 0 aromatic carbocycles. The van der Waals surface area contributed by atoms with Crippen molar-refractivity contribution < 1.29 is 8.42 Å². The maximum absolute atomic E-state index is 12.2. The van der Waals surface area contributed by atoms with Crippen LogP contribution in [0.1, 0.15) is 19.2 Å². The average molecular weight is 290 g/mol. The van der Waals surface area contributed by atoms with Crippen LogP contribution in [0.2, 0.25) is 0 Å². The van der Waals surface area contributed by atoms with Gasteiger partial charge < -0.3 is 10.3 Å². The maximum Gasteiger partial charge on any atom is 0.262 e. The lowest BCUT2D eigenvalue weighted by atomic mass is 10.5. The zero-order valence-corrected chi connectivity index (χ0v) is 12.4. The summed E-state index contributed by atoms with van der Waals surface area (Å²) in [6.45, 7) is 4.56. The molecular weight excluding hydrogens is 272 g/mol. The van der Waals surface area contributed by atoms with Crippen LogP contribution in [0, 0.1) is 6.92 Å². The number of sulfonamides is 1. The molecule has 1 rings (SSSR count). The van der Waals surface area contributed by atoms with Gasteiger partial charge in [-0.25, -0.2) is 13.4 Å². The van der Waals surface area contributed by atoms with Crippen LogP contribution < -0.4 is 5.73 Å². The molecule has 102 valence electrons. The fourth-order valence-corrected chi connectivity index (χ4v) is 2.95. The van der Waals surface area contributed by atoms with Crippen LogP contribution >= 0.6 is 12.2 Å². The zero-order chi connectivity index (χ0) is 13.9. The van der Waals surface area contributed by atoms with Crippen LogP contribution in [0.25, 0.3) is 0 Å². The topological polar surface area (TPSA) is 81.2 Å². The predicted octanol–water partition coefficient (Wildman–Crippen LogP) is 0.508. The molecule has 0 atom stereocenters. The lowest BCUT2D eigenvalue weighted by Gasteiger charge is -2.14. The highest BCUT2D eigenvalue weighted by atomic mass is 32.2. The first kappa shape index (κ1) is 15.1. The van der Waals surface area contributed by atoms with E-state index in [2.05, 4.69) is 4.98 Å². The van der Waals surface area contributed by atoms with Crippen molar-refractivity contribution >= 4 is 27.2 Å². The first-order chi connectivity index (χ1) is 8.28. The zero-order valence-electron chi connectivity index (χ0n) is 10.8. The van der Waals surface area contributed by atoms with Crippen molar-refractivity contribution in [3.63, 3.8) is 0 Å². The molecule has 0 aliphatic heterocycles. The van der Waals surface area contributed by atoms with Gasteiger partial charge in [0.15, 0.2) is 5.03 Å². The largest absolute Gasteiger partial charge is 0.392 e. The SMILES string of the molecule is CCCn1cc(S(=O)(=O)N(C)CC(N)=S)nc1C. The van der Waals surface area contributed by atoms with Crippen molar-refractivity contribution in [3.05, 3.63) is 12.0 Å². The van der Waals surface area contributed by atoms with E-state index in [1.54, 1.807) is 13.1 Å². The lowest BCUT2D eigenvalue weighted by Crippen LogP contribution is -2.34. The first-order valence-corrected chi connectivity index (χ1v) is 7.42. The quantitative estimate of drug-likeness (QED) is 0.772. The number of thiocarbonyl (C=S) groups is 1. The summed E-state index contributed by atoms with van der Waals surface area (Å²) in [5.74, 6) is 0.680. The highest BCUT2D eigenvalue weighted by Crippen LogP contribution is 2.14. The summed E-state index contributed by atoms with van der Waals surface area (Å²) < 4.78 is 27.3. The standard InChI is InChI=1S/C10H18N4O2S2/c1-4-5-14-7-10(12-8(14)2)18(15,16)13(3)6-9(11)17/h7H,4-6H2,1-3H3,(H2,11,17). The Labute approximate surface area is 113 Å². The van der Waals surface area contributed by atoms with Gasteiger partial charge in [0.25, 0.3) is 10.0 Å². The van der Waals surface area contributed by atoms with Gasteiger partial charge in [-0.2, -0.15) is 4.31 Å². The molecule has 0 saturated carbocycles. The summed E-state index contributed by atoms with van der Waals surface area (Å²) in [6, 6.07) is 0. The molecule has 0 aliphatic rings. The molecule has 0 amide bonds. The van der Waals surface area contributed by atoms with E-state index in [9.17, 15) is 8.42 Å². The van der Waals surface area contributed by atoms with Gasteiger partial charge in [-0.1, -0.05) is 19.1 Å². The van der Waals surface area contributed by atoms with E-state index < -0.39 is 10.0 Å². The van der Waals surface area contributed by atoms with Crippen molar-refractivity contribution in [2.24, 2.45) is 5.73 Å². The Morgan fingerprint density at radius 1 is 1.61 bits per heavy atom. The number of nitrogens with zero attached hydrogens (tertiary/aromatic N) is 3. The molecule has 2 N–H and O–H groups in total. The normalized spacial score (nSPS) is 12.0. The van der Waals surface area contributed by atoms with E-state index in [4.69, 9.17) is 18.0 Å². The summed E-state index contributed by atoms with van der Waals surface area (Å²) in [4.78, 5) is 4.21. The third-order valence-electron chi connectivity index (χ3n) is 2.47. The molecule has 0 bridgehead atoms. The Balaban J connectivity index is 3.05. The first-order valence-electron chi connectivity index (χ1n) is 5.57. The molecule has 0 aliphatic carbocycles. The Kier molecular flexibility index (Phi) is 4.83. The molecule has 6 nitrogen and oxygen atoms in total. The second-order valence-electron chi connectivity index (χ2n) is 4.05. The van der Waals surface area contributed by atoms with E-state index >= 15 is 0 Å². The Morgan fingerprint density at radius 3 is 2.72 bits per heavy atom. The molecule has 0 fully saturated rings. The van der Waals surface area contributed by atoms with Gasteiger partial charge in [0, 0.05) is 19.8 Å². The predicted molar refractivity (Wildman–Crippen MR) is 73.9 cm³/mol. The van der Waals surface area contributed by atoms with E-state index in [-0.39, 0.29) is 16.6 Å². The number of nitrogens with two attached hydrogens (primary N) is 1. The van der Waals surface area contributed by atoms with Gasteiger partial charge >= 0.3 is 0 Å². The summed E-state index contributed by atoms with van der Waals surface area (Å²) in [5.41, 5.74) is 5.35. The third kappa shape index (κ3) is 3.27. The highest BCUT2D eigenvalue weighted by Gasteiger charge is 2.24. The molecular formula is C10H18N4O2S2. The average Bonchev–Trinajstić information content (AvgIpc) is 2.60. The van der Waals surface area contributed by atoms with Gasteiger partial charge in [0.1, 0.15) is 5.82 Å². The third-order valence-corrected chi connectivity index (χ3v) is 4.28. The minimum atomic E-state index is -3.62. The number of rotatable bonds is 6. The summed E-state index contributed by atoms with van der Waals surface area (Å²) in [7, 11) is -2.19. The second-order valence-corrected chi connectivity index (χ2v) is 6.56. The molecule has 0 unspecified atom stereocenters. The Morgan fingerprint density at radius 2 is 2.22 bits per heavy atom. The van der Waals surface area contributed by atoms with Gasteiger partial charge in [-0.15, -0.1) is 0 Å². The van der Waals surface area contributed by atoms with Crippen molar-refractivity contribution in [3.8, 4) is 0 Å². The van der Waals surface area contributed by atoms with Gasteiger partial charge in [-0.05, 0) is 13.3 Å². The number of likely N-dealkylation sites (N-methyl/N-ethyl adjacent to an activating group) is 1. The molecule has 0 spiro atoms. The smallest absolute Gasteiger partial charge is 0.262 e. The molecule has 1 aromatic heterocycles. The van der Waals surface area contributed by atoms with Crippen molar-refractivity contribution in [2.45, 2.75) is 31.8 Å². The van der Waals surface area contributed by atoms with Crippen molar-refractivity contribution in [2.75, 3.05) is 13.6 Å². The fraction of sp³-hybridized carbons (Fsp3) is 0.600. The van der Waals surface area contributed by atoms with E-state index in [1.807, 2.05) is 11.5 Å². The van der Waals surface area contributed by atoms with Gasteiger partial charge in [-0.3, -0.25) is 0 Å². The van der Waals surface area contributed by atoms with Crippen LogP contribution in [-0.2, 0) is 16.6 Å². The second kappa shape index (κ2) is 5.77. The number of hydrogen-bond donors (Lipinski definition) is 1. The van der Waals surface area contributed by atoms with Crippen molar-refractivity contribution in [1.82, 2.24) is 13.9 Å². The number of hydrogen-bond acceptors (Lipinski definition) is 4. The number of aromatic nitrogens is 2. The van der Waals surface area contributed by atoms with E-state index in [0.717, 1.165) is 17.3 Å². The van der Waals surface area contributed by atoms with E-state index in [1.165, 1.54) is 7.05 Å². The summed E-state index contributed by atoms with van der Waals surface area (Å²) in [6.07, 6.45) is 2.46. The van der Waals surface area contributed by atoms with Gasteiger partial charge in [0.2, 0.25) is 0 Å². The highest BCUT2D eigenvalue weighted by molar-refractivity contribution is 7.89. The number of imidazole rings is 1. The molecule has 1 heterocycles. The molecule has 1 aromatic rings. The molecule has 8 heteroatoms. The van der Waals surface area contributed by atoms with Crippen molar-refractivity contribution in [1.29, 1.82) is 0 Å². The molecule has 0 saturated heterocycles. The van der Waals surface area contributed by atoms with Gasteiger partial charge in [0.05, 0.1) is 11.5 Å². The fourth-order valence-electron chi connectivity index (χ4n) is 1.53. The Bertz CT molecular complexity index is 536. The van der Waals surface area contributed by atoms with Crippen LogP contribution in [-0.4, -0.2) is 40.9 Å². The van der Waals surface area contributed by atoms with Crippen LogP contribution in [0.5, 0.6) is 0 Å². The summed E-state index contributed by atoms with van der Waals surface area (Å²) >= 11 is 4.71. The maximum atomic E-state index is 12.2. The molecule has 0 radical (unpaired) electrons. The van der Waals surface area contributed by atoms with E-state index in [0.29, 0.717) is 5.82 Å². The van der Waals surface area contributed by atoms with Crippen LogP contribution in [0.3, 0.4) is 0 Å². The minimum absolute atomic E-state index is 0.0113. The minimum Gasteiger partial charge on any atom is -0.392 e. The monoisotopic (exact) mass is 290 g/mol. The molecule has 18 heavy (non-hydrogen) atoms. The summed E-state index contributed by atoms with van der Waals surface area (Å²) in [5, 5.41) is 0.0344. The lowest BCUT2D eigenvalue weighted by molar-refractivity contribution is 0.503. The van der Waals surface area contributed by atoms with Crippen LogP contribution in [0.15, 0.2) is 11.2 Å². The van der Waals surface area contributed by atoms with Crippen LogP contribution in [0.4, 0.5) is 0 Å². The number of aryl methyl sites for hydroxylation is 2.